The molecular weight excluding hydrogens is 168 g/mol. The van der Waals surface area contributed by atoms with E-state index in [-0.39, 0.29) is 5.69 Å². The summed E-state index contributed by atoms with van der Waals surface area (Å²) in [6.45, 7) is 0. The van der Waals surface area contributed by atoms with Gasteiger partial charge in [0.05, 0.1) is 0 Å². The molecule has 1 aromatic rings. The second kappa shape index (κ2) is 3.20. The van der Waals surface area contributed by atoms with Crippen LogP contribution in [0.1, 0.15) is 48.0 Å². The van der Waals surface area contributed by atoms with E-state index in [1.807, 2.05) is 0 Å². The van der Waals surface area contributed by atoms with Crippen molar-refractivity contribution in [2.45, 2.75) is 31.6 Å². The van der Waals surface area contributed by atoms with Crippen LogP contribution < -0.4 is 5.73 Å². The Bertz CT molecular complexity index is 313. The zero-order valence-electron chi connectivity index (χ0n) is 7.32. The van der Waals surface area contributed by atoms with Gasteiger partial charge in [0.2, 0.25) is 0 Å². The van der Waals surface area contributed by atoms with E-state index in [0.717, 1.165) is 12.8 Å². The number of oxazole rings is 1. The Labute approximate surface area is 76.1 Å². The van der Waals surface area contributed by atoms with Gasteiger partial charge in [-0.3, -0.25) is 4.79 Å². The van der Waals surface area contributed by atoms with Gasteiger partial charge < -0.3 is 10.2 Å². The minimum absolute atomic E-state index is 0.238. The number of hydrogen-bond acceptors (Lipinski definition) is 3. The fourth-order valence-electron chi connectivity index (χ4n) is 1.76. The number of rotatable bonds is 2. The molecule has 2 N–H and O–H groups in total. The van der Waals surface area contributed by atoms with E-state index < -0.39 is 5.91 Å². The maximum atomic E-state index is 10.7. The van der Waals surface area contributed by atoms with Gasteiger partial charge in [0.25, 0.3) is 5.91 Å². The largest absolute Gasteiger partial charge is 0.448 e. The molecule has 1 fully saturated rings. The minimum Gasteiger partial charge on any atom is -0.448 e. The molecule has 1 aliphatic carbocycles. The molecule has 0 unspecified atom stereocenters. The van der Waals surface area contributed by atoms with E-state index in [0.29, 0.717) is 11.8 Å². The zero-order valence-corrected chi connectivity index (χ0v) is 7.32. The molecular formula is C9H12N2O2. The lowest BCUT2D eigenvalue weighted by Crippen LogP contribution is -2.11. The first-order valence-electron chi connectivity index (χ1n) is 4.52. The molecule has 2 rings (SSSR count). The zero-order chi connectivity index (χ0) is 9.26. The Balaban J connectivity index is 2.16. The lowest BCUT2D eigenvalue weighted by atomic mass is 10.1. The van der Waals surface area contributed by atoms with Crippen LogP contribution in [0.25, 0.3) is 0 Å². The number of nitrogens with zero attached hydrogens (tertiary/aromatic N) is 1. The van der Waals surface area contributed by atoms with Gasteiger partial charge in [-0.15, -0.1) is 0 Å². The fraction of sp³-hybridized carbons (Fsp3) is 0.556. The molecule has 0 aromatic carbocycles. The SMILES string of the molecule is NC(=O)c1coc(C2CCCC2)n1. The summed E-state index contributed by atoms with van der Waals surface area (Å²) in [6, 6.07) is 0. The number of primary amides is 1. The molecule has 1 heterocycles. The molecule has 0 atom stereocenters. The Hall–Kier alpha value is -1.32. The van der Waals surface area contributed by atoms with Crippen LogP contribution in [0.3, 0.4) is 0 Å². The van der Waals surface area contributed by atoms with E-state index in [1.165, 1.54) is 19.1 Å². The Morgan fingerprint density at radius 2 is 2.23 bits per heavy atom. The van der Waals surface area contributed by atoms with Crippen molar-refractivity contribution in [3.05, 3.63) is 17.8 Å². The van der Waals surface area contributed by atoms with Crippen molar-refractivity contribution in [2.75, 3.05) is 0 Å². The van der Waals surface area contributed by atoms with E-state index in [4.69, 9.17) is 10.2 Å². The summed E-state index contributed by atoms with van der Waals surface area (Å²) in [5.74, 6) is 0.549. The summed E-state index contributed by atoms with van der Waals surface area (Å²) in [6.07, 6.45) is 6.01. The molecule has 0 aliphatic heterocycles. The minimum atomic E-state index is -0.520. The Morgan fingerprint density at radius 3 is 2.77 bits per heavy atom. The van der Waals surface area contributed by atoms with Crippen LogP contribution in [0.5, 0.6) is 0 Å². The highest BCUT2D eigenvalue weighted by atomic mass is 16.3. The van der Waals surface area contributed by atoms with Crippen molar-refractivity contribution < 1.29 is 9.21 Å². The van der Waals surface area contributed by atoms with Crippen molar-refractivity contribution in [1.82, 2.24) is 4.98 Å². The smallest absolute Gasteiger partial charge is 0.270 e. The number of carbonyl (C=O) groups is 1. The molecule has 1 saturated carbocycles. The van der Waals surface area contributed by atoms with Gasteiger partial charge in [-0.2, -0.15) is 0 Å². The molecule has 13 heavy (non-hydrogen) atoms. The molecule has 0 saturated heterocycles. The topological polar surface area (TPSA) is 69.1 Å². The number of aromatic nitrogens is 1. The van der Waals surface area contributed by atoms with Crippen molar-refractivity contribution >= 4 is 5.91 Å². The van der Waals surface area contributed by atoms with Crippen LogP contribution >= 0.6 is 0 Å². The highest BCUT2D eigenvalue weighted by Gasteiger charge is 2.22. The summed E-state index contributed by atoms with van der Waals surface area (Å²) in [7, 11) is 0. The number of carbonyl (C=O) groups excluding carboxylic acids is 1. The molecule has 70 valence electrons. The fourth-order valence-corrected chi connectivity index (χ4v) is 1.76. The van der Waals surface area contributed by atoms with Crippen LogP contribution in [-0.2, 0) is 0 Å². The molecule has 1 aromatic heterocycles. The summed E-state index contributed by atoms with van der Waals surface area (Å²) >= 11 is 0. The number of hydrogen-bond donors (Lipinski definition) is 1. The molecule has 4 nitrogen and oxygen atoms in total. The Kier molecular flexibility index (Phi) is 2.04. The third-order valence-corrected chi connectivity index (χ3v) is 2.48. The van der Waals surface area contributed by atoms with Crippen LogP contribution in [0, 0.1) is 0 Å². The average molecular weight is 180 g/mol. The van der Waals surface area contributed by atoms with Gasteiger partial charge in [-0.05, 0) is 12.8 Å². The summed E-state index contributed by atoms with van der Waals surface area (Å²) in [5, 5.41) is 0. The van der Waals surface area contributed by atoms with Crippen molar-refractivity contribution in [1.29, 1.82) is 0 Å². The maximum Gasteiger partial charge on any atom is 0.270 e. The van der Waals surface area contributed by atoms with E-state index in [2.05, 4.69) is 4.98 Å². The monoisotopic (exact) mass is 180 g/mol. The van der Waals surface area contributed by atoms with Crippen LogP contribution in [0.15, 0.2) is 10.7 Å². The van der Waals surface area contributed by atoms with Gasteiger partial charge in [-0.25, -0.2) is 4.98 Å². The van der Waals surface area contributed by atoms with Gasteiger partial charge >= 0.3 is 0 Å². The molecule has 0 radical (unpaired) electrons. The molecule has 4 heteroatoms. The second-order valence-electron chi connectivity index (χ2n) is 3.42. The molecule has 1 amide bonds. The summed E-state index contributed by atoms with van der Waals surface area (Å²) in [5.41, 5.74) is 5.30. The highest BCUT2D eigenvalue weighted by Crippen LogP contribution is 2.33. The van der Waals surface area contributed by atoms with Gasteiger partial charge in [0, 0.05) is 5.92 Å². The third-order valence-electron chi connectivity index (χ3n) is 2.48. The first-order chi connectivity index (χ1) is 6.27. The third kappa shape index (κ3) is 1.56. The van der Waals surface area contributed by atoms with E-state index in [9.17, 15) is 4.79 Å². The van der Waals surface area contributed by atoms with Crippen LogP contribution in [-0.4, -0.2) is 10.9 Å². The highest BCUT2D eigenvalue weighted by molar-refractivity contribution is 5.90. The van der Waals surface area contributed by atoms with Gasteiger partial charge in [-0.1, -0.05) is 12.8 Å². The van der Waals surface area contributed by atoms with Crippen molar-refractivity contribution in [3.63, 3.8) is 0 Å². The number of nitrogens with two attached hydrogens (primary N) is 1. The van der Waals surface area contributed by atoms with E-state index >= 15 is 0 Å². The first kappa shape index (κ1) is 8.29. The predicted molar refractivity (Wildman–Crippen MR) is 46.2 cm³/mol. The van der Waals surface area contributed by atoms with Crippen LogP contribution in [0.2, 0.25) is 0 Å². The van der Waals surface area contributed by atoms with Crippen molar-refractivity contribution in [3.8, 4) is 0 Å². The Morgan fingerprint density at radius 1 is 1.54 bits per heavy atom. The summed E-state index contributed by atoms with van der Waals surface area (Å²) in [4.78, 5) is 14.8. The lowest BCUT2D eigenvalue weighted by molar-refractivity contribution is 0.0995. The summed E-state index contributed by atoms with van der Waals surface area (Å²) < 4.78 is 5.20. The second-order valence-corrected chi connectivity index (χ2v) is 3.42. The number of amides is 1. The van der Waals surface area contributed by atoms with Crippen LogP contribution in [0.4, 0.5) is 0 Å². The van der Waals surface area contributed by atoms with Crippen molar-refractivity contribution in [2.24, 2.45) is 5.73 Å². The quantitative estimate of drug-likeness (QED) is 0.748. The lowest BCUT2D eigenvalue weighted by Gasteiger charge is -2.00. The van der Waals surface area contributed by atoms with Gasteiger partial charge in [0.15, 0.2) is 11.6 Å². The predicted octanol–water partition coefficient (Wildman–Crippen LogP) is 1.43. The van der Waals surface area contributed by atoms with E-state index in [1.54, 1.807) is 0 Å². The first-order valence-corrected chi connectivity index (χ1v) is 4.52. The maximum absolute atomic E-state index is 10.7. The van der Waals surface area contributed by atoms with Gasteiger partial charge in [0.1, 0.15) is 6.26 Å². The average Bonchev–Trinajstić information content (AvgIpc) is 2.75. The molecule has 0 spiro atoms. The molecule has 1 aliphatic rings. The molecule has 0 bridgehead atoms. The standard InChI is InChI=1S/C9H12N2O2/c10-8(12)7-5-13-9(11-7)6-3-1-2-4-6/h5-6H,1-4H2,(H2,10,12). The normalized spacial score (nSPS) is 17.8.